The highest BCUT2D eigenvalue weighted by Crippen LogP contribution is 2.17. The smallest absolute Gasteiger partial charge is 0.317 e. The molecule has 0 aromatic carbocycles. The van der Waals surface area contributed by atoms with Gasteiger partial charge in [0.25, 0.3) is 0 Å². The molecule has 0 spiro atoms. The van der Waals surface area contributed by atoms with Crippen molar-refractivity contribution in [2.45, 2.75) is 25.3 Å². The number of ether oxygens (including phenoxy) is 1. The molecule has 0 aromatic heterocycles. The van der Waals surface area contributed by atoms with Gasteiger partial charge >= 0.3 is 6.03 Å². The first-order chi connectivity index (χ1) is 7.70. The Bertz CT molecular complexity index is 246. The normalized spacial score (nSPS) is 30.4. The van der Waals surface area contributed by atoms with E-state index in [-0.39, 0.29) is 11.6 Å². The van der Waals surface area contributed by atoms with Crippen molar-refractivity contribution in [3.05, 3.63) is 0 Å². The number of hydrogen-bond acceptors (Lipinski definition) is 3. The summed E-state index contributed by atoms with van der Waals surface area (Å²) in [5.74, 6) is 0. The number of urea groups is 1. The Morgan fingerprint density at radius 3 is 2.88 bits per heavy atom. The van der Waals surface area contributed by atoms with Crippen molar-refractivity contribution in [1.29, 1.82) is 0 Å². The maximum absolute atomic E-state index is 11.8. The maximum Gasteiger partial charge on any atom is 0.317 e. The van der Waals surface area contributed by atoms with E-state index in [4.69, 9.17) is 4.74 Å². The van der Waals surface area contributed by atoms with E-state index in [0.717, 1.165) is 13.0 Å². The lowest BCUT2D eigenvalue weighted by Gasteiger charge is -2.30. The van der Waals surface area contributed by atoms with Gasteiger partial charge in [0.15, 0.2) is 0 Å². The molecule has 2 N–H and O–H groups in total. The largest absolute Gasteiger partial charge is 0.378 e. The van der Waals surface area contributed by atoms with Crippen LogP contribution in [0, 0.1) is 0 Å². The van der Waals surface area contributed by atoms with Crippen LogP contribution < -0.4 is 10.6 Å². The number of nitrogens with one attached hydrogen (secondary N) is 2. The lowest BCUT2D eigenvalue weighted by molar-refractivity contribution is 0.0528. The number of amides is 2. The fraction of sp³-hybridized carbons (Fsp3) is 0.909. The molecular formula is C11H21N3O2. The lowest BCUT2D eigenvalue weighted by atomic mass is 10.0. The molecule has 5 heteroatoms. The highest BCUT2D eigenvalue weighted by molar-refractivity contribution is 5.74. The standard InChI is InChI=1S/C11H21N3O2/c1-11(3-2-4-13-11)9-12-10(15)14-5-7-16-8-6-14/h13H,2-9H2,1H3,(H,12,15). The van der Waals surface area contributed by atoms with Gasteiger partial charge in [-0.15, -0.1) is 0 Å². The van der Waals surface area contributed by atoms with Crippen LogP contribution in [0.15, 0.2) is 0 Å². The molecule has 1 unspecified atom stereocenters. The molecule has 5 nitrogen and oxygen atoms in total. The van der Waals surface area contributed by atoms with Crippen LogP contribution in [0.25, 0.3) is 0 Å². The van der Waals surface area contributed by atoms with E-state index in [2.05, 4.69) is 17.6 Å². The van der Waals surface area contributed by atoms with Crippen LogP contribution >= 0.6 is 0 Å². The summed E-state index contributed by atoms with van der Waals surface area (Å²) < 4.78 is 5.21. The van der Waals surface area contributed by atoms with Crippen molar-refractivity contribution in [3.63, 3.8) is 0 Å². The van der Waals surface area contributed by atoms with E-state index in [0.29, 0.717) is 32.8 Å². The minimum Gasteiger partial charge on any atom is -0.378 e. The summed E-state index contributed by atoms with van der Waals surface area (Å²) >= 11 is 0. The summed E-state index contributed by atoms with van der Waals surface area (Å²) in [7, 11) is 0. The second kappa shape index (κ2) is 5.01. The first kappa shape index (κ1) is 11.7. The second-order valence-corrected chi connectivity index (χ2v) is 4.85. The van der Waals surface area contributed by atoms with Gasteiger partial charge in [-0.3, -0.25) is 0 Å². The number of morpholine rings is 1. The van der Waals surface area contributed by atoms with Crippen LogP contribution in [-0.2, 0) is 4.74 Å². The van der Waals surface area contributed by atoms with Gasteiger partial charge in [0.2, 0.25) is 0 Å². The molecule has 92 valence electrons. The average Bonchev–Trinajstić information content (AvgIpc) is 2.75. The molecular weight excluding hydrogens is 206 g/mol. The van der Waals surface area contributed by atoms with E-state index in [1.165, 1.54) is 6.42 Å². The Labute approximate surface area is 96.5 Å². The minimum absolute atomic E-state index is 0.0400. The molecule has 2 amide bonds. The van der Waals surface area contributed by atoms with Gasteiger partial charge < -0.3 is 20.3 Å². The van der Waals surface area contributed by atoms with Crippen LogP contribution in [0.4, 0.5) is 4.79 Å². The Kier molecular flexibility index (Phi) is 3.66. The van der Waals surface area contributed by atoms with E-state index >= 15 is 0 Å². The van der Waals surface area contributed by atoms with Crippen LogP contribution in [0.2, 0.25) is 0 Å². The monoisotopic (exact) mass is 227 g/mol. The van der Waals surface area contributed by atoms with Crippen molar-refractivity contribution < 1.29 is 9.53 Å². The highest BCUT2D eigenvalue weighted by Gasteiger charge is 2.29. The van der Waals surface area contributed by atoms with Crippen molar-refractivity contribution >= 4 is 6.03 Å². The van der Waals surface area contributed by atoms with E-state index in [9.17, 15) is 4.79 Å². The molecule has 2 heterocycles. The van der Waals surface area contributed by atoms with Gasteiger partial charge in [-0.25, -0.2) is 4.79 Å². The Hall–Kier alpha value is -0.810. The summed E-state index contributed by atoms with van der Waals surface area (Å²) in [6.45, 7) is 6.66. The average molecular weight is 227 g/mol. The van der Waals surface area contributed by atoms with Crippen LogP contribution in [-0.4, -0.2) is 55.9 Å². The molecule has 0 bridgehead atoms. The third kappa shape index (κ3) is 2.86. The fourth-order valence-electron chi connectivity index (χ4n) is 2.26. The van der Waals surface area contributed by atoms with Crippen molar-refractivity contribution in [1.82, 2.24) is 15.5 Å². The number of carbonyl (C=O) groups is 1. The van der Waals surface area contributed by atoms with E-state index in [1.54, 1.807) is 0 Å². The van der Waals surface area contributed by atoms with E-state index < -0.39 is 0 Å². The molecule has 2 rings (SSSR count). The maximum atomic E-state index is 11.8. The zero-order chi connectivity index (χ0) is 11.4. The topological polar surface area (TPSA) is 53.6 Å². The zero-order valence-corrected chi connectivity index (χ0v) is 9.92. The number of carbonyl (C=O) groups excluding carboxylic acids is 1. The third-order valence-electron chi connectivity index (χ3n) is 3.39. The van der Waals surface area contributed by atoms with Gasteiger partial charge in [-0.1, -0.05) is 0 Å². The van der Waals surface area contributed by atoms with Crippen LogP contribution in [0.5, 0.6) is 0 Å². The molecule has 16 heavy (non-hydrogen) atoms. The zero-order valence-electron chi connectivity index (χ0n) is 9.92. The SMILES string of the molecule is CC1(CNC(=O)N2CCOCC2)CCCN1. The van der Waals surface area contributed by atoms with Gasteiger partial charge in [-0.2, -0.15) is 0 Å². The Balaban J connectivity index is 1.74. The summed E-state index contributed by atoms with van der Waals surface area (Å²) in [5.41, 5.74) is 0.0853. The van der Waals surface area contributed by atoms with Crippen molar-refractivity contribution in [3.8, 4) is 0 Å². The molecule has 2 aliphatic rings. The van der Waals surface area contributed by atoms with Gasteiger partial charge in [0.1, 0.15) is 0 Å². The second-order valence-electron chi connectivity index (χ2n) is 4.85. The van der Waals surface area contributed by atoms with Gasteiger partial charge in [0, 0.05) is 25.2 Å². The predicted molar refractivity (Wildman–Crippen MR) is 61.4 cm³/mol. The quantitative estimate of drug-likeness (QED) is 0.707. The number of rotatable bonds is 2. The first-order valence-electron chi connectivity index (χ1n) is 6.05. The molecule has 0 saturated carbocycles. The molecule has 0 aliphatic carbocycles. The molecule has 0 radical (unpaired) electrons. The van der Waals surface area contributed by atoms with Crippen molar-refractivity contribution in [2.24, 2.45) is 0 Å². The first-order valence-corrected chi connectivity index (χ1v) is 6.05. The van der Waals surface area contributed by atoms with Crippen LogP contribution in [0.1, 0.15) is 19.8 Å². The van der Waals surface area contributed by atoms with Gasteiger partial charge in [-0.05, 0) is 26.3 Å². The van der Waals surface area contributed by atoms with Gasteiger partial charge in [0.05, 0.1) is 13.2 Å². The Morgan fingerprint density at radius 2 is 2.25 bits per heavy atom. The number of hydrogen-bond donors (Lipinski definition) is 2. The Morgan fingerprint density at radius 1 is 1.50 bits per heavy atom. The fourth-order valence-corrected chi connectivity index (χ4v) is 2.26. The molecule has 2 fully saturated rings. The summed E-state index contributed by atoms with van der Waals surface area (Å²) in [6, 6.07) is 0.0400. The highest BCUT2D eigenvalue weighted by atomic mass is 16.5. The summed E-state index contributed by atoms with van der Waals surface area (Å²) in [4.78, 5) is 13.6. The molecule has 0 aromatic rings. The van der Waals surface area contributed by atoms with Crippen LogP contribution in [0.3, 0.4) is 0 Å². The van der Waals surface area contributed by atoms with E-state index in [1.807, 2.05) is 4.90 Å². The summed E-state index contributed by atoms with van der Waals surface area (Å²) in [5, 5.41) is 6.44. The summed E-state index contributed by atoms with van der Waals surface area (Å²) in [6.07, 6.45) is 2.33. The predicted octanol–water partition coefficient (Wildman–Crippen LogP) is 0.170. The molecule has 1 atom stereocenters. The lowest BCUT2D eigenvalue weighted by Crippen LogP contribution is -2.52. The number of nitrogens with zero attached hydrogens (tertiary/aromatic N) is 1. The molecule has 2 saturated heterocycles. The third-order valence-corrected chi connectivity index (χ3v) is 3.39. The molecule has 2 aliphatic heterocycles. The van der Waals surface area contributed by atoms with Crippen molar-refractivity contribution in [2.75, 3.05) is 39.4 Å². The minimum atomic E-state index is 0.0400.